The summed E-state index contributed by atoms with van der Waals surface area (Å²) in [6.07, 6.45) is 5.65. The monoisotopic (exact) mass is 479 g/mol. The number of carboxylic acids is 1. The highest BCUT2D eigenvalue weighted by molar-refractivity contribution is 5.94. The molecule has 1 fully saturated rings. The van der Waals surface area contributed by atoms with E-state index in [4.69, 9.17) is 11.5 Å². The van der Waals surface area contributed by atoms with Crippen molar-refractivity contribution >= 4 is 23.7 Å². The van der Waals surface area contributed by atoms with E-state index in [1.54, 1.807) is 6.20 Å². The first-order valence-electron chi connectivity index (χ1n) is 11.7. The third kappa shape index (κ3) is 7.52. The number of carboxylic acid groups (broad SMARTS) is 1. The average molecular weight is 480 g/mol. The molecule has 0 spiro atoms. The number of H-pyrrole nitrogens is 1. The summed E-state index contributed by atoms with van der Waals surface area (Å²) in [5.41, 5.74) is 12.1. The first-order chi connectivity index (χ1) is 16.1. The molecule has 0 aliphatic carbocycles. The minimum atomic E-state index is -1.13. The second-order valence-corrected chi connectivity index (χ2v) is 8.99. The van der Waals surface area contributed by atoms with Gasteiger partial charge in [0, 0.05) is 24.9 Å². The van der Waals surface area contributed by atoms with Crippen molar-refractivity contribution in [3.63, 3.8) is 0 Å². The number of unbranched alkanes of at least 4 members (excludes halogenated alkanes) is 1. The van der Waals surface area contributed by atoms with Crippen LogP contribution in [-0.2, 0) is 25.6 Å². The van der Waals surface area contributed by atoms with Crippen LogP contribution in [0.15, 0.2) is 12.5 Å². The largest absolute Gasteiger partial charge is 0.480 e. The maximum atomic E-state index is 13.5. The third-order valence-electron chi connectivity index (χ3n) is 6.01. The molecule has 0 radical (unpaired) electrons. The predicted octanol–water partition coefficient (Wildman–Crippen LogP) is -0.890. The first-order valence-corrected chi connectivity index (χ1v) is 11.7. The van der Waals surface area contributed by atoms with E-state index >= 15 is 0 Å². The molecule has 34 heavy (non-hydrogen) atoms. The highest BCUT2D eigenvalue weighted by Gasteiger charge is 2.39. The molecule has 12 nitrogen and oxygen atoms in total. The zero-order valence-electron chi connectivity index (χ0n) is 19.8. The number of nitrogens with one attached hydrogen (secondary N) is 3. The average Bonchev–Trinajstić information content (AvgIpc) is 3.48. The number of carbonyl (C=O) groups excluding carboxylic acids is 3. The van der Waals surface area contributed by atoms with Gasteiger partial charge in [-0.05, 0) is 44.6 Å². The zero-order chi connectivity index (χ0) is 25.3. The smallest absolute Gasteiger partial charge is 0.326 e. The molecule has 1 saturated heterocycles. The van der Waals surface area contributed by atoms with Crippen LogP contribution in [0.2, 0.25) is 0 Å². The van der Waals surface area contributed by atoms with E-state index in [9.17, 15) is 24.3 Å². The summed E-state index contributed by atoms with van der Waals surface area (Å²) in [6.45, 7) is 4.38. The Morgan fingerprint density at radius 3 is 2.56 bits per heavy atom. The van der Waals surface area contributed by atoms with Gasteiger partial charge in [0.25, 0.3) is 0 Å². The lowest BCUT2D eigenvalue weighted by Crippen LogP contribution is -2.57. The highest BCUT2D eigenvalue weighted by atomic mass is 16.4. The van der Waals surface area contributed by atoms with Gasteiger partial charge in [0.05, 0.1) is 12.4 Å². The van der Waals surface area contributed by atoms with Crippen molar-refractivity contribution in [2.24, 2.45) is 17.4 Å². The molecule has 0 bridgehead atoms. The molecule has 0 aromatic carbocycles. The fourth-order valence-corrected chi connectivity index (χ4v) is 3.91. The van der Waals surface area contributed by atoms with E-state index in [0.717, 1.165) is 0 Å². The number of nitrogens with two attached hydrogens (primary N) is 2. The fraction of sp³-hybridized carbons (Fsp3) is 0.682. The lowest BCUT2D eigenvalue weighted by molar-refractivity contribution is -0.145. The number of carbonyl (C=O) groups is 4. The van der Waals surface area contributed by atoms with Gasteiger partial charge in [0.1, 0.15) is 18.1 Å². The second kappa shape index (κ2) is 13.0. The van der Waals surface area contributed by atoms with Crippen molar-refractivity contribution in [3.05, 3.63) is 18.2 Å². The second-order valence-electron chi connectivity index (χ2n) is 8.99. The number of aromatic amines is 1. The molecular formula is C22H37N7O5. The summed E-state index contributed by atoms with van der Waals surface area (Å²) >= 11 is 0. The number of likely N-dealkylation sites (tertiary alicyclic amines) is 1. The fourth-order valence-electron chi connectivity index (χ4n) is 3.91. The van der Waals surface area contributed by atoms with Crippen molar-refractivity contribution in [1.29, 1.82) is 0 Å². The van der Waals surface area contributed by atoms with E-state index in [0.29, 0.717) is 44.5 Å². The summed E-state index contributed by atoms with van der Waals surface area (Å²) < 4.78 is 0. The normalized spacial score (nSPS) is 18.4. The molecule has 190 valence electrons. The van der Waals surface area contributed by atoms with Gasteiger partial charge in [-0.2, -0.15) is 0 Å². The van der Waals surface area contributed by atoms with Crippen molar-refractivity contribution < 1.29 is 24.3 Å². The lowest BCUT2D eigenvalue weighted by Gasteiger charge is -2.30. The quantitative estimate of drug-likeness (QED) is 0.196. The van der Waals surface area contributed by atoms with Gasteiger partial charge in [-0.15, -0.1) is 0 Å². The van der Waals surface area contributed by atoms with Crippen LogP contribution in [0, 0.1) is 5.92 Å². The van der Waals surface area contributed by atoms with Crippen LogP contribution in [0.3, 0.4) is 0 Å². The maximum absolute atomic E-state index is 13.5. The van der Waals surface area contributed by atoms with E-state index in [1.165, 1.54) is 11.2 Å². The first kappa shape index (κ1) is 27.3. The molecule has 1 aromatic heterocycles. The van der Waals surface area contributed by atoms with E-state index < -0.39 is 47.9 Å². The minimum absolute atomic E-state index is 0.125. The van der Waals surface area contributed by atoms with Crippen LogP contribution >= 0.6 is 0 Å². The summed E-state index contributed by atoms with van der Waals surface area (Å²) in [4.78, 5) is 58.9. The number of rotatable bonds is 13. The van der Waals surface area contributed by atoms with E-state index in [2.05, 4.69) is 20.6 Å². The zero-order valence-corrected chi connectivity index (χ0v) is 19.8. The Labute approximate surface area is 199 Å². The van der Waals surface area contributed by atoms with Gasteiger partial charge in [0.2, 0.25) is 17.7 Å². The minimum Gasteiger partial charge on any atom is -0.480 e. The van der Waals surface area contributed by atoms with Gasteiger partial charge in [-0.3, -0.25) is 14.4 Å². The molecule has 8 N–H and O–H groups in total. The van der Waals surface area contributed by atoms with Gasteiger partial charge in [-0.1, -0.05) is 13.8 Å². The Hall–Kier alpha value is -2.99. The number of hydrogen-bond donors (Lipinski definition) is 6. The van der Waals surface area contributed by atoms with E-state index in [-0.39, 0.29) is 18.8 Å². The van der Waals surface area contributed by atoms with Crippen LogP contribution < -0.4 is 22.1 Å². The lowest BCUT2D eigenvalue weighted by atomic mass is 10.0. The van der Waals surface area contributed by atoms with Crippen molar-refractivity contribution in [1.82, 2.24) is 25.5 Å². The molecular weight excluding hydrogens is 442 g/mol. The molecule has 1 aliphatic rings. The topological polar surface area (TPSA) is 197 Å². The van der Waals surface area contributed by atoms with Crippen LogP contribution in [0.25, 0.3) is 0 Å². The summed E-state index contributed by atoms with van der Waals surface area (Å²) in [7, 11) is 0. The molecule has 4 unspecified atom stereocenters. The van der Waals surface area contributed by atoms with E-state index in [1.807, 2.05) is 13.8 Å². The van der Waals surface area contributed by atoms with Gasteiger partial charge < -0.3 is 37.1 Å². The molecule has 12 heteroatoms. The number of hydrogen-bond acceptors (Lipinski definition) is 7. The number of aliphatic carboxylic acids is 1. The van der Waals surface area contributed by atoms with Gasteiger partial charge in [0.15, 0.2) is 0 Å². The highest BCUT2D eigenvalue weighted by Crippen LogP contribution is 2.20. The number of nitrogens with zero attached hydrogens (tertiary/aromatic N) is 2. The molecule has 0 saturated carbocycles. The van der Waals surface area contributed by atoms with Gasteiger partial charge in [-0.25, -0.2) is 9.78 Å². The standard InChI is InChI=1S/C22H37N7O5/c1-13(2)18(24)20(31)28-16(10-14-11-25-12-26-14)21(32)29-9-5-7-17(29)19(30)27-15(22(33)34)6-3-4-8-23/h11-13,15-18H,3-10,23-24H2,1-2H3,(H,25,26)(H,27,30)(H,28,31)(H,33,34). The van der Waals surface area contributed by atoms with Crippen LogP contribution in [0.5, 0.6) is 0 Å². The molecule has 3 amide bonds. The molecule has 1 aliphatic heterocycles. The third-order valence-corrected chi connectivity index (χ3v) is 6.01. The van der Waals surface area contributed by atoms with Crippen molar-refractivity contribution in [2.75, 3.05) is 13.1 Å². The van der Waals surface area contributed by atoms with Crippen LogP contribution in [0.1, 0.15) is 51.6 Å². The Bertz CT molecular complexity index is 830. The summed E-state index contributed by atoms with van der Waals surface area (Å²) in [5.74, 6) is -2.66. The maximum Gasteiger partial charge on any atom is 0.326 e. The predicted molar refractivity (Wildman–Crippen MR) is 124 cm³/mol. The Morgan fingerprint density at radius 2 is 1.97 bits per heavy atom. The molecule has 4 atom stereocenters. The Kier molecular flexibility index (Phi) is 10.5. The SMILES string of the molecule is CC(C)C(N)C(=O)NC(Cc1cnc[nH]1)C(=O)N1CCCC1C(=O)NC(CCCCN)C(=O)O. The van der Waals surface area contributed by atoms with Crippen molar-refractivity contribution in [2.45, 2.75) is 76.5 Å². The Balaban J connectivity index is 2.14. The Morgan fingerprint density at radius 1 is 1.24 bits per heavy atom. The summed E-state index contributed by atoms with van der Waals surface area (Å²) in [6, 6.07) is -3.62. The summed E-state index contributed by atoms with van der Waals surface area (Å²) in [5, 5.41) is 14.8. The molecule has 2 rings (SSSR count). The van der Waals surface area contributed by atoms with Crippen molar-refractivity contribution in [3.8, 4) is 0 Å². The molecule has 2 heterocycles. The van der Waals surface area contributed by atoms with Crippen LogP contribution in [0.4, 0.5) is 0 Å². The number of imidazole rings is 1. The molecule has 1 aromatic rings. The van der Waals surface area contributed by atoms with Gasteiger partial charge >= 0.3 is 5.97 Å². The number of amides is 3. The number of aromatic nitrogens is 2. The van der Waals surface area contributed by atoms with Crippen LogP contribution in [-0.4, -0.2) is 80.9 Å².